The zero-order chi connectivity index (χ0) is 18.6. The summed E-state index contributed by atoms with van der Waals surface area (Å²) in [6.45, 7) is 1.58. The maximum absolute atomic E-state index is 12.8. The van der Waals surface area contributed by atoms with Crippen molar-refractivity contribution in [3.63, 3.8) is 0 Å². The highest BCUT2D eigenvalue weighted by Gasteiger charge is 2.25. The molecule has 0 saturated carbocycles. The van der Waals surface area contributed by atoms with Crippen LogP contribution in [0.3, 0.4) is 0 Å². The van der Waals surface area contributed by atoms with Gasteiger partial charge in [-0.25, -0.2) is 0 Å². The lowest BCUT2D eigenvalue weighted by Gasteiger charge is -2.32. The second kappa shape index (κ2) is 7.66. The van der Waals surface area contributed by atoms with Crippen molar-refractivity contribution in [3.05, 3.63) is 71.4 Å². The summed E-state index contributed by atoms with van der Waals surface area (Å²) in [5.74, 6) is 0.598. The van der Waals surface area contributed by atoms with Gasteiger partial charge in [-0.15, -0.1) is 0 Å². The minimum absolute atomic E-state index is 0.0996. The Morgan fingerprint density at radius 3 is 2.63 bits per heavy atom. The van der Waals surface area contributed by atoms with Crippen molar-refractivity contribution in [2.75, 3.05) is 20.2 Å². The Hall–Kier alpha value is -3.08. The van der Waals surface area contributed by atoms with Gasteiger partial charge >= 0.3 is 0 Å². The SMILES string of the molecule is CO/N=C/c1ccc(C(=O)N2CCC(c3c[nH]c4ccccc34)CC2)cc1. The summed E-state index contributed by atoms with van der Waals surface area (Å²) >= 11 is 0. The Balaban J connectivity index is 1.41. The summed E-state index contributed by atoms with van der Waals surface area (Å²) in [6.07, 6.45) is 5.74. The standard InChI is InChI=1S/C22H23N3O2/c1-27-24-14-16-6-8-18(9-7-16)22(26)25-12-10-17(11-13-25)20-15-23-21-5-3-2-4-19(20)21/h2-9,14-15,17,23H,10-13H2,1H3/b24-14+. The predicted molar refractivity (Wildman–Crippen MR) is 107 cm³/mol. The van der Waals surface area contributed by atoms with E-state index in [1.54, 1.807) is 6.21 Å². The van der Waals surface area contributed by atoms with Crippen molar-refractivity contribution < 1.29 is 9.63 Å². The molecule has 0 bridgehead atoms. The number of carbonyl (C=O) groups is 1. The summed E-state index contributed by atoms with van der Waals surface area (Å²) < 4.78 is 0. The normalized spacial score (nSPS) is 15.5. The van der Waals surface area contributed by atoms with Gasteiger partial charge in [0.1, 0.15) is 7.11 Å². The highest BCUT2D eigenvalue weighted by atomic mass is 16.6. The van der Waals surface area contributed by atoms with Gasteiger partial charge in [-0.2, -0.15) is 0 Å². The van der Waals surface area contributed by atoms with Crippen molar-refractivity contribution in [3.8, 4) is 0 Å². The van der Waals surface area contributed by atoms with Gasteiger partial charge in [-0.1, -0.05) is 35.5 Å². The number of carbonyl (C=O) groups excluding carboxylic acids is 1. The molecule has 1 fully saturated rings. The van der Waals surface area contributed by atoms with Crippen LogP contribution < -0.4 is 0 Å². The number of likely N-dealkylation sites (tertiary alicyclic amines) is 1. The van der Waals surface area contributed by atoms with Crippen molar-refractivity contribution in [2.24, 2.45) is 5.16 Å². The number of fused-ring (bicyclic) bond motifs is 1. The van der Waals surface area contributed by atoms with Crippen LogP contribution in [0, 0.1) is 0 Å². The van der Waals surface area contributed by atoms with Gasteiger partial charge in [0.2, 0.25) is 0 Å². The van der Waals surface area contributed by atoms with E-state index in [4.69, 9.17) is 0 Å². The molecule has 5 nitrogen and oxygen atoms in total. The van der Waals surface area contributed by atoms with Gasteiger partial charge in [-0.05, 0) is 48.1 Å². The highest BCUT2D eigenvalue weighted by Crippen LogP contribution is 2.33. The highest BCUT2D eigenvalue weighted by molar-refractivity contribution is 5.95. The van der Waals surface area contributed by atoms with Crippen molar-refractivity contribution in [1.82, 2.24) is 9.88 Å². The first-order valence-corrected chi connectivity index (χ1v) is 9.28. The third-order valence-corrected chi connectivity index (χ3v) is 5.31. The molecule has 0 aliphatic carbocycles. The number of aromatic amines is 1. The molecule has 2 heterocycles. The van der Waals surface area contributed by atoms with Crippen LogP contribution in [0.4, 0.5) is 0 Å². The third-order valence-electron chi connectivity index (χ3n) is 5.31. The van der Waals surface area contributed by atoms with Gasteiger partial charge in [0.15, 0.2) is 0 Å². The lowest BCUT2D eigenvalue weighted by molar-refractivity contribution is 0.0713. The zero-order valence-corrected chi connectivity index (χ0v) is 15.4. The van der Waals surface area contributed by atoms with E-state index in [0.29, 0.717) is 5.92 Å². The Kier molecular flexibility index (Phi) is 4.92. The van der Waals surface area contributed by atoms with Gasteiger partial charge in [0, 0.05) is 35.8 Å². The third kappa shape index (κ3) is 3.58. The number of benzene rings is 2. The number of hydrogen-bond donors (Lipinski definition) is 1. The molecule has 1 N–H and O–H groups in total. The predicted octanol–water partition coefficient (Wildman–Crippen LogP) is 4.17. The number of rotatable bonds is 4. The van der Waals surface area contributed by atoms with Crippen LogP contribution in [0.25, 0.3) is 10.9 Å². The zero-order valence-electron chi connectivity index (χ0n) is 15.4. The molecule has 5 heteroatoms. The summed E-state index contributed by atoms with van der Waals surface area (Å²) in [5.41, 5.74) is 4.18. The summed E-state index contributed by atoms with van der Waals surface area (Å²) in [4.78, 5) is 22.8. The Bertz CT molecular complexity index is 951. The van der Waals surface area contributed by atoms with Gasteiger partial charge in [-0.3, -0.25) is 4.79 Å². The van der Waals surface area contributed by atoms with E-state index in [1.165, 1.54) is 23.6 Å². The summed E-state index contributed by atoms with van der Waals surface area (Å²) in [7, 11) is 1.51. The van der Waals surface area contributed by atoms with E-state index in [-0.39, 0.29) is 5.91 Å². The van der Waals surface area contributed by atoms with Crippen LogP contribution in [0.2, 0.25) is 0 Å². The van der Waals surface area contributed by atoms with E-state index >= 15 is 0 Å². The fraction of sp³-hybridized carbons (Fsp3) is 0.273. The first-order chi connectivity index (χ1) is 13.3. The number of nitrogens with zero attached hydrogens (tertiary/aromatic N) is 2. The molecule has 1 aliphatic rings. The molecule has 1 aliphatic heterocycles. The molecule has 0 radical (unpaired) electrons. The molecule has 0 spiro atoms. The first kappa shape index (κ1) is 17.3. The molecule has 138 valence electrons. The Labute approximate surface area is 158 Å². The van der Waals surface area contributed by atoms with Crippen LogP contribution in [-0.4, -0.2) is 42.2 Å². The lowest BCUT2D eigenvalue weighted by atomic mass is 9.89. The number of H-pyrrole nitrogens is 1. The van der Waals surface area contributed by atoms with Crippen LogP contribution >= 0.6 is 0 Å². The van der Waals surface area contributed by atoms with Gasteiger partial charge < -0.3 is 14.7 Å². The Morgan fingerprint density at radius 1 is 1.15 bits per heavy atom. The number of amides is 1. The lowest BCUT2D eigenvalue weighted by Crippen LogP contribution is -2.37. The van der Waals surface area contributed by atoms with Crippen molar-refractivity contribution in [2.45, 2.75) is 18.8 Å². The molecule has 4 rings (SSSR count). The maximum Gasteiger partial charge on any atom is 0.253 e. The van der Waals surface area contributed by atoms with E-state index in [0.717, 1.165) is 37.1 Å². The van der Waals surface area contributed by atoms with E-state index < -0.39 is 0 Å². The minimum atomic E-state index is 0.0996. The first-order valence-electron chi connectivity index (χ1n) is 9.28. The number of piperidine rings is 1. The number of hydrogen-bond acceptors (Lipinski definition) is 3. The second-order valence-corrected chi connectivity index (χ2v) is 6.90. The smallest absolute Gasteiger partial charge is 0.253 e. The van der Waals surface area contributed by atoms with Crippen molar-refractivity contribution >= 4 is 23.0 Å². The van der Waals surface area contributed by atoms with Gasteiger partial charge in [0.05, 0.1) is 6.21 Å². The monoisotopic (exact) mass is 361 g/mol. The summed E-state index contributed by atoms with van der Waals surface area (Å²) in [6, 6.07) is 15.9. The molecule has 1 amide bonds. The van der Waals surface area contributed by atoms with Crippen LogP contribution in [0.5, 0.6) is 0 Å². The maximum atomic E-state index is 12.8. The van der Waals surface area contributed by atoms with Crippen LogP contribution in [0.15, 0.2) is 59.9 Å². The summed E-state index contributed by atoms with van der Waals surface area (Å²) in [5, 5.41) is 5.04. The topological polar surface area (TPSA) is 57.7 Å². The quantitative estimate of drug-likeness (QED) is 0.560. The molecule has 0 atom stereocenters. The molecular formula is C22H23N3O2. The molecule has 3 aromatic rings. The largest absolute Gasteiger partial charge is 0.399 e. The van der Waals surface area contributed by atoms with Crippen LogP contribution in [-0.2, 0) is 4.84 Å². The minimum Gasteiger partial charge on any atom is -0.399 e. The number of oxime groups is 1. The average molecular weight is 361 g/mol. The Morgan fingerprint density at radius 2 is 1.89 bits per heavy atom. The van der Waals surface area contributed by atoms with Crippen molar-refractivity contribution in [1.29, 1.82) is 0 Å². The van der Waals surface area contributed by atoms with E-state index in [2.05, 4.69) is 45.4 Å². The van der Waals surface area contributed by atoms with Gasteiger partial charge in [0.25, 0.3) is 5.91 Å². The number of para-hydroxylation sites is 1. The number of nitrogens with one attached hydrogen (secondary N) is 1. The fourth-order valence-electron chi connectivity index (χ4n) is 3.83. The molecule has 1 saturated heterocycles. The molecule has 1 aromatic heterocycles. The van der Waals surface area contributed by atoms with E-state index in [1.807, 2.05) is 29.2 Å². The molecule has 0 unspecified atom stereocenters. The fourth-order valence-corrected chi connectivity index (χ4v) is 3.83. The molecule has 2 aromatic carbocycles. The van der Waals surface area contributed by atoms with E-state index in [9.17, 15) is 4.79 Å². The van der Waals surface area contributed by atoms with Crippen LogP contribution in [0.1, 0.15) is 40.2 Å². The average Bonchev–Trinajstić information content (AvgIpc) is 3.16. The molecule has 27 heavy (non-hydrogen) atoms. The molecular weight excluding hydrogens is 338 g/mol. The second-order valence-electron chi connectivity index (χ2n) is 6.90. The number of aromatic nitrogens is 1.